The van der Waals surface area contributed by atoms with Crippen molar-refractivity contribution < 1.29 is 37.0 Å². The van der Waals surface area contributed by atoms with Gasteiger partial charge in [-0.3, -0.25) is 13.9 Å². The minimum Gasteiger partial charge on any atom is -0.497 e. The van der Waals surface area contributed by atoms with Gasteiger partial charge in [0.1, 0.15) is 24.1 Å². The van der Waals surface area contributed by atoms with Gasteiger partial charge in [-0.1, -0.05) is 44.0 Å². The Labute approximate surface area is 276 Å². The van der Waals surface area contributed by atoms with Gasteiger partial charge in [0.2, 0.25) is 11.8 Å². The van der Waals surface area contributed by atoms with E-state index in [1.165, 1.54) is 63.7 Å². The van der Waals surface area contributed by atoms with E-state index < -0.39 is 28.5 Å². The molecule has 1 atom stereocenters. The summed E-state index contributed by atoms with van der Waals surface area (Å²) in [6.07, 6.45) is 1.95. The normalized spacial score (nSPS) is 11.7. The van der Waals surface area contributed by atoms with E-state index in [1.807, 2.05) is 13.0 Å². The van der Waals surface area contributed by atoms with Gasteiger partial charge in [-0.05, 0) is 60.9 Å². The van der Waals surface area contributed by atoms with Gasteiger partial charge in [0.05, 0.1) is 39.0 Å². The molecule has 3 rings (SSSR count). The predicted octanol–water partition coefficient (Wildman–Crippen LogP) is 5.29. The maximum Gasteiger partial charge on any atom is 0.265 e. The van der Waals surface area contributed by atoms with E-state index in [-0.39, 0.29) is 46.0 Å². The standard InChI is InChI=1S/C33H42ClN3O8S/c1-7-9-17-35-33(39)27(8-2)36(21-23-11-10-12-25(18-23)42-3)32(38)22-37(28-19-24(34)13-15-29(28)43-4)46(40,41)26-14-16-30(44-5)31(20-26)45-6/h10-16,18-20,27H,7-9,17,21-22H2,1-6H3,(H,35,39)/t27-/m0/s1. The summed E-state index contributed by atoms with van der Waals surface area (Å²) in [6, 6.07) is 14.8. The summed E-state index contributed by atoms with van der Waals surface area (Å²) in [6.45, 7) is 3.61. The molecule has 1 N–H and O–H groups in total. The number of hydrogen-bond donors (Lipinski definition) is 1. The highest BCUT2D eigenvalue weighted by Gasteiger charge is 2.35. The molecule has 0 unspecified atom stereocenters. The number of methoxy groups -OCH3 is 4. The van der Waals surface area contributed by atoms with Gasteiger partial charge in [0.15, 0.2) is 11.5 Å². The molecule has 0 saturated heterocycles. The highest BCUT2D eigenvalue weighted by Crippen LogP contribution is 2.37. The molecule has 0 radical (unpaired) electrons. The molecule has 0 aliphatic rings. The number of ether oxygens (including phenoxy) is 4. The fraction of sp³-hybridized carbons (Fsp3) is 0.394. The lowest BCUT2D eigenvalue weighted by molar-refractivity contribution is -0.140. The molecule has 0 heterocycles. The molecule has 11 nitrogen and oxygen atoms in total. The molecule has 0 aliphatic heterocycles. The number of nitrogens with one attached hydrogen (secondary N) is 1. The molecule has 2 amide bonds. The minimum absolute atomic E-state index is 0.0205. The molecule has 0 saturated carbocycles. The number of sulfonamides is 1. The van der Waals surface area contributed by atoms with Gasteiger partial charge < -0.3 is 29.2 Å². The molecule has 250 valence electrons. The Morgan fingerprint density at radius 3 is 2.20 bits per heavy atom. The summed E-state index contributed by atoms with van der Waals surface area (Å²) >= 11 is 6.34. The van der Waals surface area contributed by atoms with Crippen molar-refractivity contribution in [2.75, 3.05) is 45.8 Å². The van der Waals surface area contributed by atoms with Crippen LogP contribution >= 0.6 is 11.6 Å². The summed E-state index contributed by atoms with van der Waals surface area (Å²) in [7, 11) is 1.30. The average Bonchev–Trinajstić information content (AvgIpc) is 3.06. The zero-order chi connectivity index (χ0) is 33.9. The second-order valence-corrected chi connectivity index (χ2v) is 12.6. The van der Waals surface area contributed by atoms with E-state index in [1.54, 1.807) is 31.2 Å². The Hall–Kier alpha value is -4.16. The predicted molar refractivity (Wildman–Crippen MR) is 178 cm³/mol. The SMILES string of the molecule is CCCCNC(=O)[C@H](CC)N(Cc1cccc(OC)c1)C(=O)CN(c1cc(Cl)ccc1OC)S(=O)(=O)c1ccc(OC)c(OC)c1. The molecule has 0 fully saturated rings. The molecule has 0 aliphatic carbocycles. The molecule has 0 spiro atoms. The van der Waals surface area contributed by atoms with Gasteiger partial charge in [-0.25, -0.2) is 8.42 Å². The molecule has 0 bridgehead atoms. The van der Waals surface area contributed by atoms with Crippen LogP contribution in [0.1, 0.15) is 38.7 Å². The fourth-order valence-electron chi connectivity index (χ4n) is 4.87. The first-order valence-corrected chi connectivity index (χ1v) is 16.6. The van der Waals surface area contributed by atoms with Gasteiger partial charge in [0.25, 0.3) is 10.0 Å². The van der Waals surface area contributed by atoms with Crippen molar-refractivity contribution in [2.45, 2.75) is 50.6 Å². The monoisotopic (exact) mass is 675 g/mol. The van der Waals surface area contributed by atoms with Crippen molar-refractivity contribution in [3.63, 3.8) is 0 Å². The number of anilines is 1. The van der Waals surface area contributed by atoms with E-state index in [4.69, 9.17) is 30.5 Å². The van der Waals surface area contributed by atoms with Crippen LogP contribution in [0.25, 0.3) is 0 Å². The van der Waals surface area contributed by atoms with Crippen molar-refractivity contribution in [3.05, 3.63) is 71.2 Å². The number of hydrogen-bond acceptors (Lipinski definition) is 8. The molecule has 13 heteroatoms. The quantitative estimate of drug-likeness (QED) is 0.192. The lowest BCUT2D eigenvalue weighted by Crippen LogP contribution is -2.52. The van der Waals surface area contributed by atoms with E-state index in [2.05, 4.69) is 5.32 Å². The zero-order valence-electron chi connectivity index (χ0n) is 27.0. The highest BCUT2D eigenvalue weighted by molar-refractivity contribution is 7.92. The lowest BCUT2D eigenvalue weighted by atomic mass is 10.1. The summed E-state index contributed by atoms with van der Waals surface area (Å²) < 4.78 is 51.2. The molecule has 46 heavy (non-hydrogen) atoms. The largest absolute Gasteiger partial charge is 0.497 e. The number of carbonyl (C=O) groups is 2. The molecule has 0 aromatic heterocycles. The van der Waals surface area contributed by atoms with E-state index in [0.717, 1.165) is 17.1 Å². The first-order chi connectivity index (χ1) is 22.0. The topological polar surface area (TPSA) is 124 Å². The Bertz CT molecular complexity index is 1600. The maximum absolute atomic E-state index is 14.4. The van der Waals surface area contributed by atoms with Crippen LogP contribution in [-0.4, -0.2) is 72.7 Å². The number of nitrogens with zero attached hydrogens (tertiary/aromatic N) is 2. The van der Waals surface area contributed by atoms with E-state index in [9.17, 15) is 18.0 Å². The van der Waals surface area contributed by atoms with Crippen LogP contribution < -0.4 is 28.6 Å². The van der Waals surface area contributed by atoms with Crippen LogP contribution in [0.4, 0.5) is 5.69 Å². The Morgan fingerprint density at radius 2 is 1.57 bits per heavy atom. The van der Waals surface area contributed by atoms with Gasteiger partial charge in [-0.2, -0.15) is 0 Å². The Morgan fingerprint density at radius 1 is 0.870 bits per heavy atom. The van der Waals surface area contributed by atoms with Gasteiger partial charge in [0, 0.05) is 24.2 Å². The second kappa shape index (κ2) is 17.0. The number of carbonyl (C=O) groups excluding carboxylic acids is 2. The highest BCUT2D eigenvalue weighted by atomic mass is 35.5. The summed E-state index contributed by atoms with van der Waals surface area (Å²) in [5, 5.41) is 3.14. The average molecular weight is 676 g/mol. The maximum atomic E-state index is 14.4. The van der Waals surface area contributed by atoms with Crippen LogP contribution in [-0.2, 0) is 26.2 Å². The Kier molecular flexibility index (Phi) is 13.4. The third-order valence-corrected chi connectivity index (χ3v) is 9.32. The lowest BCUT2D eigenvalue weighted by Gasteiger charge is -2.33. The molecule has 3 aromatic carbocycles. The van der Waals surface area contributed by atoms with Crippen LogP contribution in [0, 0.1) is 0 Å². The number of halogens is 1. The van der Waals surface area contributed by atoms with E-state index >= 15 is 0 Å². The van der Waals surface area contributed by atoms with Crippen molar-refractivity contribution in [2.24, 2.45) is 0 Å². The van der Waals surface area contributed by atoms with E-state index in [0.29, 0.717) is 23.6 Å². The van der Waals surface area contributed by atoms with Crippen LogP contribution in [0.5, 0.6) is 23.0 Å². The van der Waals surface area contributed by atoms with Gasteiger partial charge >= 0.3 is 0 Å². The third-order valence-electron chi connectivity index (χ3n) is 7.33. The summed E-state index contributed by atoms with van der Waals surface area (Å²) in [5.74, 6) is 0.306. The minimum atomic E-state index is -4.45. The van der Waals surface area contributed by atoms with Crippen molar-refractivity contribution in [1.82, 2.24) is 10.2 Å². The summed E-state index contributed by atoms with van der Waals surface area (Å²) in [4.78, 5) is 29.1. The fourth-order valence-corrected chi connectivity index (χ4v) is 6.47. The van der Waals surface area contributed by atoms with Crippen LogP contribution in [0.3, 0.4) is 0 Å². The number of unbranched alkanes of at least 4 members (excludes halogenated alkanes) is 1. The zero-order valence-corrected chi connectivity index (χ0v) is 28.6. The van der Waals surface area contributed by atoms with Gasteiger partial charge in [-0.15, -0.1) is 0 Å². The summed E-state index contributed by atoms with van der Waals surface area (Å²) in [5.41, 5.74) is 0.738. The molecular formula is C33H42ClN3O8S. The smallest absolute Gasteiger partial charge is 0.265 e. The van der Waals surface area contributed by atoms with Crippen molar-refractivity contribution >= 4 is 39.1 Å². The van der Waals surface area contributed by atoms with Crippen LogP contribution in [0.2, 0.25) is 5.02 Å². The number of amides is 2. The second-order valence-electron chi connectivity index (χ2n) is 10.3. The third kappa shape index (κ3) is 8.76. The van der Waals surface area contributed by atoms with Crippen molar-refractivity contribution in [3.8, 4) is 23.0 Å². The molecule has 3 aromatic rings. The first-order valence-electron chi connectivity index (χ1n) is 14.8. The van der Waals surface area contributed by atoms with Crippen LogP contribution in [0.15, 0.2) is 65.6 Å². The van der Waals surface area contributed by atoms with Crippen molar-refractivity contribution in [1.29, 1.82) is 0 Å². The number of benzene rings is 3. The number of rotatable bonds is 17. The Balaban J connectivity index is 2.16. The molecular weight excluding hydrogens is 634 g/mol. The first kappa shape index (κ1) is 36.3.